The second kappa shape index (κ2) is 7.41. The van der Waals surface area contributed by atoms with Crippen molar-refractivity contribution < 1.29 is 29.1 Å². The van der Waals surface area contributed by atoms with E-state index in [1.54, 1.807) is 13.8 Å². The van der Waals surface area contributed by atoms with Crippen molar-refractivity contribution in [1.29, 1.82) is 0 Å². The Bertz CT molecular complexity index is 359. The molecule has 98 valence electrons. The summed E-state index contributed by atoms with van der Waals surface area (Å²) in [6, 6.07) is 5.74. The zero-order valence-electron chi connectivity index (χ0n) is 10.2. The SMILES string of the molecule is CCOOC(=O)c1ccc(C(=O)OOCC)cc1. The van der Waals surface area contributed by atoms with E-state index in [1.807, 2.05) is 0 Å². The largest absolute Gasteiger partial charge is 0.373 e. The highest BCUT2D eigenvalue weighted by Crippen LogP contribution is 2.07. The van der Waals surface area contributed by atoms with E-state index in [-0.39, 0.29) is 24.3 Å². The van der Waals surface area contributed by atoms with Crippen LogP contribution < -0.4 is 0 Å². The molecule has 1 aromatic rings. The minimum Gasteiger partial charge on any atom is -0.293 e. The lowest BCUT2D eigenvalue weighted by Gasteiger charge is -2.03. The molecule has 0 aliphatic rings. The topological polar surface area (TPSA) is 71.1 Å². The molecule has 0 spiro atoms. The van der Waals surface area contributed by atoms with E-state index in [0.29, 0.717) is 0 Å². The zero-order valence-corrected chi connectivity index (χ0v) is 10.2. The minimum atomic E-state index is -0.624. The van der Waals surface area contributed by atoms with E-state index in [4.69, 9.17) is 0 Å². The van der Waals surface area contributed by atoms with Crippen LogP contribution in [0.3, 0.4) is 0 Å². The summed E-state index contributed by atoms with van der Waals surface area (Å²) >= 11 is 0. The molecule has 0 saturated carbocycles. The first kappa shape index (κ1) is 14.1. The van der Waals surface area contributed by atoms with Gasteiger partial charge in [-0.25, -0.2) is 9.59 Å². The molecule has 0 aliphatic heterocycles. The Labute approximate surface area is 104 Å². The highest BCUT2D eigenvalue weighted by Gasteiger charge is 2.11. The van der Waals surface area contributed by atoms with Crippen LogP contribution in [0.5, 0.6) is 0 Å². The molecule has 0 unspecified atom stereocenters. The van der Waals surface area contributed by atoms with Crippen LogP contribution in [0, 0.1) is 0 Å². The number of hydrogen-bond donors (Lipinski definition) is 0. The van der Waals surface area contributed by atoms with Crippen molar-refractivity contribution in [2.24, 2.45) is 0 Å². The fraction of sp³-hybridized carbons (Fsp3) is 0.333. The Morgan fingerprint density at radius 1 is 0.833 bits per heavy atom. The van der Waals surface area contributed by atoms with Crippen molar-refractivity contribution in [3.8, 4) is 0 Å². The molecule has 6 heteroatoms. The molecule has 0 amide bonds. The van der Waals surface area contributed by atoms with Crippen LogP contribution in [-0.4, -0.2) is 25.2 Å². The molecule has 1 rings (SSSR count). The van der Waals surface area contributed by atoms with E-state index >= 15 is 0 Å². The van der Waals surface area contributed by atoms with E-state index in [0.717, 1.165) is 0 Å². The van der Waals surface area contributed by atoms with E-state index in [2.05, 4.69) is 19.6 Å². The third kappa shape index (κ3) is 4.15. The monoisotopic (exact) mass is 254 g/mol. The fourth-order valence-electron chi connectivity index (χ4n) is 1.06. The first-order valence-electron chi connectivity index (χ1n) is 5.46. The highest BCUT2D eigenvalue weighted by atomic mass is 17.2. The van der Waals surface area contributed by atoms with Crippen molar-refractivity contribution in [1.82, 2.24) is 0 Å². The summed E-state index contributed by atoms with van der Waals surface area (Å²) in [5.74, 6) is -1.25. The smallest absolute Gasteiger partial charge is 0.293 e. The van der Waals surface area contributed by atoms with Crippen LogP contribution in [0.1, 0.15) is 34.6 Å². The Hall–Kier alpha value is -1.92. The number of carbonyl (C=O) groups excluding carboxylic acids is 2. The van der Waals surface area contributed by atoms with Gasteiger partial charge in [-0.3, -0.25) is 9.78 Å². The summed E-state index contributed by atoms with van der Waals surface area (Å²) in [4.78, 5) is 40.7. The van der Waals surface area contributed by atoms with E-state index in [9.17, 15) is 9.59 Å². The van der Waals surface area contributed by atoms with Crippen LogP contribution in [0.25, 0.3) is 0 Å². The fourth-order valence-corrected chi connectivity index (χ4v) is 1.06. The Morgan fingerprint density at radius 3 is 1.44 bits per heavy atom. The molecule has 0 N–H and O–H groups in total. The summed E-state index contributed by atoms with van der Waals surface area (Å²) in [7, 11) is 0. The van der Waals surface area contributed by atoms with Gasteiger partial charge in [0, 0.05) is 0 Å². The minimum absolute atomic E-state index is 0.268. The summed E-state index contributed by atoms with van der Waals surface area (Å²) in [6.45, 7) is 3.93. The number of carbonyl (C=O) groups is 2. The molecule has 0 saturated heterocycles. The van der Waals surface area contributed by atoms with Gasteiger partial charge in [0.05, 0.1) is 24.3 Å². The number of benzene rings is 1. The normalized spacial score (nSPS) is 9.89. The second-order valence-corrected chi connectivity index (χ2v) is 3.13. The summed E-state index contributed by atoms with van der Waals surface area (Å²) in [6.07, 6.45) is 0. The summed E-state index contributed by atoms with van der Waals surface area (Å²) in [5.41, 5.74) is 0.549. The third-order valence-electron chi connectivity index (χ3n) is 1.86. The maximum atomic E-state index is 11.4. The van der Waals surface area contributed by atoms with Gasteiger partial charge in [0.15, 0.2) is 0 Å². The quantitative estimate of drug-likeness (QED) is 0.570. The lowest BCUT2D eigenvalue weighted by atomic mass is 10.1. The first-order chi connectivity index (χ1) is 8.69. The number of rotatable bonds is 6. The molecule has 0 aromatic heterocycles. The Morgan fingerprint density at radius 2 is 1.17 bits per heavy atom. The number of hydrogen-bond acceptors (Lipinski definition) is 6. The molecular formula is C12H14O6. The maximum Gasteiger partial charge on any atom is 0.373 e. The van der Waals surface area contributed by atoms with Crippen LogP contribution >= 0.6 is 0 Å². The lowest BCUT2D eigenvalue weighted by Crippen LogP contribution is -2.08. The molecule has 0 bridgehead atoms. The lowest BCUT2D eigenvalue weighted by molar-refractivity contribution is -0.237. The van der Waals surface area contributed by atoms with Gasteiger partial charge in [-0.2, -0.15) is 9.78 Å². The molecule has 0 radical (unpaired) electrons. The van der Waals surface area contributed by atoms with Gasteiger partial charge >= 0.3 is 11.9 Å². The molecule has 0 heterocycles. The summed E-state index contributed by atoms with van der Waals surface area (Å²) < 4.78 is 0. The first-order valence-corrected chi connectivity index (χ1v) is 5.46. The van der Waals surface area contributed by atoms with Crippen LogP contribution in [0.4, 0.5) is 0 Å². The third-order valence-corrected chi connectivity index (χ3v) is 1.86. The molecule has 6 nitrogen and oxygen atoms in total. The standard InChI is InChI=1S/C12H14O6/c1-3-15-17-11(13)9-5-7-10(8-6-9)12(14)18-16-4-2/h5-8H,3-4H2,1-2H3. The zero-order chi connectivity index (χ0) is 13.4. The van der Waals surface area contributed by atoms with Crippen LogP contribution in [-0.2, 0) is 19.6 Å². The van der Waals surface area contributed by atoms with Crippen LogP contribution in [0.15, 0.2) is 24.3 Å². The molecule has 0 atom stereocenters. The highest BCUT2D eigenvalue weighted by molar-refractivity contribution is 5.92. The van der Waals surface area contributed by atoms with Crippen molar-refractivity contribution in [2.75, 3.05) is 13.2 Å². The van der Waals surface area contributed by atoms with Crippen LogP contribution in [0.2, 0.25) is 0 Å². The Balaban J connectivity index is 2.62. The molecule has 0 aliphatic carbocycles. The average Bonchev–Trinajstić information content (AvgIpc) is 2.42. The Kier molecular flexibility index (Phi) is 5.83. The van der Waals surface area contributed by atoms with E-state index in [1.165, 1.54) is 24.3 Å². The molecule has 1 aromatic carbocycles. The van der Waals surface area contributed by atoms with Gasteiger partial charge < -0.3 is 0 Å². The van der Waals surface area contributed by atoms with Crippen molar-refractivity contribution in [3.05, 3.63) is 35.4 Å². The average molecular weight is 254 g/mol. The van der Waals surface area contributed by atoms with Gasteiger partial charge in [-0.1, -0.05) is 0 Å². The predicted molar refractivity (Wildman–Crippen MR) is 60.5 cm³/mol. The van der Waals surface area contributed by atoms with E-state index < -0.39 is 11.9 Å². The maximum absolute atomic E-state index is 11.4. The molecule has 0 fully saturated rings. The van der Waals surface area contributed by atoms with Gasteiger partial charge in [0.25, 0.3) is 0 Å². The van der Waals surface area contributed by atoms with Crippen molar-refractivity contribution in [3.63, 3.8) is 0 Å². The molecular weight excluding hydrogens is 240 g/mol. The van der Waals surface area contributed by atoms with Gasteiger partial charge in [0.2, 0.25) is 0 Å². The van der Waals surface area contributed by atoms with Crippen molar-refractivity contribution in [2.45, 2.75) is 13.8 Å². The van der Waals surface area contributed by atoms with Crippen molar-refractivity contribution >= 4 is 11.9 Å². The molecule has 18 heavy (non-hydrogen) atoms. The van der Waals surface area contributed by atoms with Gasteiger partial charge in [-0.15, -0.1) is 0 Å². The van der Waals surface area contributed by atoms with Gasteiger partial charge in [-0.05, 0) is 38.1 Å². The van der Waals surface area contributed by atoms with Gasteiger partial charge in [0.1, 0.15) is 0 Å². The summed E-state index contributed by atoms with van der Waals surface area (Å²) in [5, 5.41) is 0. The predicted octanol–water partition coefficient (Wildman–Crippen LogP) is 1.90. The second-order valence-electron chi connectivity index (χ2n) is 3.13.